The molecule has 17 heavy (non-hydrogen) atoms. The Morgan fingerprint density at radius 2 is 2.12 bits per heavy atom. The van der Waals surface area contributed by atoms with Crippen LogP contribution in [0.3, 0.4) is 0 Å². The summed E-state index contributed by atoms with van der Waals surface area (Å²) in [5, 5.41) is 8.83. The highest BCUT2D eigenvalue weighted by Crippen LogP contribution is 2.10. The van der Waals surface area contributed by atoms with Gasteiger partial charge in [0, 0.05) is 18.3 Å². The predicted molar refractivity (Wildman–Crippen MR) is 60.4 cm³/mol. The molecular formula is C13H10FNO2. The van der Waals surface area contributed by atoms with Crippen LogP contribution >= 0.6 is 0 Å². The van der Waals surface area contributed by atoms with Crippen molar-refractivity contribution in [2.45, 2.75) is 6.42 Å². The van der Waals surface area contributed by atoms with E-state index < -0.39 is 5.97 Å². The molecule has 0 radical (unpaired) electrons. The summed E-state index contributed by atoms with van der Waals surface area (Å²) >= 11 is 0. The molecule has 0 amide bonds. The Bertz CT molecular complexity index is 555. The van der Waals surface area contributed by atoms with E-state index in [-0.39, 0.29) is 11.4 Å². The van der Waals surface area contributed by atoms with E-state index in [9.17, 15) is 9.18 Å². The Hall–Kier alpha value is -2.23. The first kappa shape index (κ1) is 11.3. The van der Waals surface area contributed by atoms with Gasteiger partial charge in [0.1, 0.15) is 5.82 Å². The van der Waals surface area contributed by atoms with Crippen LogP contribution in [0, 0.1) is 5.82 Å². The Labute approximate surface area is 97.6 Å². The fourth-order valence-corrected chi connectivity index (χ4v) is 1.56. The summed E-state index contributed by atoms with van der Waals surface area (Å²) < 4.78 is 13.0. The van der Waals surface area contributed by atoms with Crippen molar-refractivity contribution in [3.05, 3.63) is 65.2 Å². The number of carboxylic acid groups (broad SMARTS) is 1. The van der Waals surface area contributed by atoms with Crippen molar-refractivity contribution < 1.29 is 14.3 Å². The average Bonchev–Trinajstić information content (AvgIpc) is 2.29. The van der Waals surface area contributed by atoms with Gasteiger partial charge in [-0.05, 0) is 29.8 Å². The minimum atomic E-state index is -0.993. The average molecular weight is 231 g/mol. The maximum Gasteiger partial charge on any atom is 0.335 e. The van der Waals surface area contributed by atoms with Crippen LogP contribution < -0.4 is 0 Å². The van der Waals surface area contributed by atoms with Crippen molar-refractivity contribution in [1.29, 1.82) is 0 Å². The van der Waals surface area contributed by atoms with Gasteiger partial charge >= 0.3 is 5.97 Å². The molecule has 3 nitrogen and oxygen atoms in total. The summed E-state index contributed by atoms with van der Waals surface area (Å²) in [4.78, 5) is 14.8. The summed E-state index contributed by atoms with van der Waals surface area (Å²) in [5.41, 5.74) is 1.56. The lowest BCUT2D eigenvalue weighted by atomic mass is 10.1. The Morgan fingerprint density at radius 1 is 1.29 bits per heavy atom. The third-order valence-corrected chi connectivity index (χ3v) is 2.34. The minimum Gasteiger partial charge on any atom is -0.478 e. The quantitative estimate of drug-likeness (QED) is 0.882. The zero-order valence-electron chi connectivity index (χ0n) is 8.93. The molecule has 0 aliphatic carbocycles. The number of carboxylic acids is 1. The highest BCUT2D eigenvalue weighted by Gasteiger charge is 2.05. The standard InChI is InChI=1S/C13H10FNO2/c14-11-3-1-2-9(6-11)7-12-8-10(13(16)17)4-5-15-12/h1-6,8H,7H2,(H,16,17). The second-order valence-electron chi connectivity index (χ2n) is 3.65. The second-order valence-corrected chi connectivity index (χ2v) is 3.65. The largest absolute Gasteiger partial charge is 0.478 e. The zero-order valence-corrected chi connectivity index (χ0v) is 8.93. The number of nitrogens with zero attached hydrogens (tertiary/aromatic N) is 1. The van der Waals surface area contributed by atoms with Crippen LogP contribution in [-0.2, 0) is 6.42 Å². The van der Waals surface area contributed by atoms with Crippen LogP contribution in [0.25, 0.3) is 0 Å². The summed E-state index contributed by atoms with van der Waals surface area (Å²) in [6.07, 6.45) is 1.86. The third-order valence-electron chi connectivity index (χ3n) is 2.34. The molecule has 0 saturated heterocycles. The molecule has 1 aromatic heterocycles. The molecule has 0 aliphatic heterocycles. The highest BCUT2D eigenvalue weighted by atomic mass is 19.1. The van der Waals surface area contributed by atoms with Gasteiger partial charge in [0.05, 0.1) is 5.56 Å². The van der Waals surface area contributed by atoms with Crippen molar-refractivity contribution in [3.8, 4) is 0 Å². The maximum atomic E-state index is 13.0. The van der Waals surface area contributed by atoms with E-state index >= 15 is 0 Å². The van der Waals surface area contributed by atoms with Gasteiger partial charge in [0.15, 0.2) is 0 Å². The van der Waals surface area contributed by atoms with Gasteiger partial charge in [-0.1, -0.05) is 12.1 Å². The number of aromatic carboxylic acids is 1. The monoisotopic (exact) mass is 231 g/mol. The lowest BCUT2D eigenvalue weighted by Gasteiger charge is -2.02. The SMILES string of the molecule is O=C(O)c1ccnc(Cc2cccc(F)c2)c1. The zero-order chi connectivity index (χ0) is 12.3. The molecule has 0 aliphatic rings. The number of hydrogen-bond acceptors (Lipinski definition) is 2. The van der Waals surface area contributed by atoms with Crippen molar-refractivity contribution in [3.63, 3.8) is 0 Å². The first-order valence-corrected chi connectivity index (χ1v) is 5.08. The Kier molecular flexibility index (Phi) is 3.14. The second kappa shape index (κ2) is 4.74. The molecule has 1 heterocycles. The molecule has 0 fully saturated rings. The van der Waals surface area contributed by atoms with E-state index in [1.807, 2.05) is 0 Å². The molecule has 1 N–H and O–H groups in total. The smallest absolute Gasteiger partial charge is 0.335 e. The normalized spacial score (nSPS) is 10.2. The van der Waals surface area contributed by atoms with Crippen molar-refractivity contribution >= 4 is 5.97 Å². The van der Waals surface area contributed by atoms with E-state index in [0.717, 1.165) is 5.56 Å². The fraction of sp³-hybridized carbons (Fsp3) is 0.0769. The molecule has 0 bridgehead atoms. The number of hydrogen-bond donors (Lipinski definition) is 1. The maximum absolute atomic E-state index is 13.0. The van der Waals surface area contributed by atoms with Gasteiger partial charge in [-0.15, -0.1) is 0 Å². The minimum absolute atomic E-state index is 0.186. The molecule has 0 saturated carbocycles. The lowest BCUT2D eigenvalue weighted by Crippen LogP contribution is -2.00. The topological polar surface area (TPSA) is 50.2 Å². The molecule has 0 spiro atoms. The van der Waals surface area contributed by atoms with Crippen LogP contribution in [-0.4, -0.2) is 16.1 Å². The Morgan fingerprint density at radius 3 is 2.82 bits per heavy atom. The number of aromatic nitrogens is 1. The van der Waals surface area contributed by atoms with E-state index in [2.05, 4.69) is 4.98 Å². The van der Waals surface area contributed by atoms with Crippen LogP contribution in [0.1, 0.15) is 21.6 Å². The Balaban J connectivity index is 2.24. The molecule has 2 rings (SSSR count). The number of carbonyl (C=O) groups is 1. The molecular weight excluding hydrogens is 221 g/mol. The highest BCUT2D eigenvalue weighted by molar-refractivity contribution is 5.87. The molecule has 86 valence electrons. The molecule has 0 atom stereocenters. The van der Waals surface area contributed by atoms with E-state index in [0.29, 0.717) is 12.1 Å². The van der Waals surface area contributed by atoms with E-state index in [4.69, 9.17) is 5.11 Å². The summed E-state index contributed by atoms with van der Waals surface area (Å²) in [5.74, 6) is -1.30. The number of rotatable bonds is 3. The molecule has 0 unspecified atom stereocenters. The first-order valence-electron chi connectivity index (χ1n) is 5.08. The summed E-state index contributed by atoms with van der Waals surface area (Å²) in [6.45, 7) is 0. The van der Waals surface area contributed by atoms with E-state index in [1.165, 1.54) is 30.5 Å². The molecule has 2 aromatic rings. The predicted octanol–water partition coefficient (Wildman–Crippen LogP) is 2.51. The fourth-order valence-electron chi connectivity index (χ4n) is 1.56. The summed E-state index contributed by atoms with van der Waals surface area (Å²) in [7, 11) is 0. The van der Waals surface area contributed by atoms with Gasteiger partial charge in [-0.3, -0.25) is 4.98 Å². The molecule has 1 aromatic carbocycles. The number of pyridine rings is 1. The number of benzene rings is 1. The van der Waals surface area contributed by atoms with Gasteiger partial charge in [0.25, 0.3) is 0 Å². The third kappa shape index (κ3) is 2.87. The van der Waals surface area contributed by atoms with Gasteiger partial charge in [-0.25, -0.2) is 9.18 Å². The first-order chi connectivity index (χ1) is 8.15. The molecule has 4 heteroatoms. The van der Waals surface area contributed by atoms with Crippen LogP contribution in [0.4, 0.5) is 4.39 Å². The lowest BCUT2D eigenvalue weighted by molar-refractivity contribution is 0.0696. The van der Waals surface area contributed by atoms with Gasteiger partial charge in [-0.2, -0.15) is 0 Å². The van der Waals surface area contributed by atoms with Crippen molar-refractivity contribution in [2.24, 2.45) is 0 Å². The van der Waals surface area contributed by atoms with Crippen molar-refractivity contribution in [1.82, 2.24) is 4.98 Å². The summed E-state index contributed by atoms with van der Waals surface area (Å²) in [6, 6.07) is 9.09. The van der Waals surface area contributed by atoms with Crippen LogP contribution in [0.15, 0.2) is 42.6 Å². The van der Waals surface area contributed by atoms with Gasteiger partial charge in [0.2, 0.25) is 0 Å². The van der Waals surface area contributed by atoms with Crippen molar-refractivity contribution in [2.75, 3.05) is 0 Å². The van der Waals surface area contributed by atoms with Crippen LogP contribution in [0.2, 0.25) is 0 Å². The number of halogens is 1. The van der Waals surface area contributed by atoms with E-state index in [1.54, 1.807) is 12.1 Å². The van der Waals surface area contributed by atoms with Crippen LogP contribution in [0.5, 0.6) is 0 Å². The van der Waals surface area contributed by atoms with Gasteiger partial charge < -0.3 is 5.11 Å².